The van der Waals surface area contributed by atoms with E-state index >= 15 is 4.39 Å². The molecule has 4 rings (SSSR count). The molecule has 4 heterocycles. The quantitative estimate of drug-likeness (QED) is 0.187. The highest BCUT2D eigenvalue weighted by Gasteiger charge is 2.51. The summed E-state index contributed by atoms with van der Waals surface area (Å²) in [4.78, 5) is 75.8. The number of nitrogens with one attached hydrogen (secondary N) is 3. The summed E-state index contributed by atoms with van der Waals surface area (Å²) in [6, 6.07) is 2.10. The standard InChI is InChI=1S/C27H39FN5O13P/c1-13(2)42-12-17-15(21(28)24(44-17)32-8-6-18(34)30-26(32)37)10-20(36)29-11-16-22(46-47(39,40)45-14(3)4)23(41-5)25(43-16)33-9-7-19(35)31-27(33)38/h6-9,13-17,21-25H,10-12H2,1-5H3,(H,29,36)(H,39,40)(H,30,34,37)(H,31,35,38)/t15?,16-,17-,21?,22?,23?,24-,25-/m1/s1. The molecule has 4 N–H and O–H groups in total. The van der Waals surface area contributed by atoms with Crippen LogP contribution in [0.1, 0.15) is 46.6 Å². The normalized spacial score (nSPS) is 29.0. The summed E-state index contributed by atoms with van der Waals surface area (Å²) in [5, 5.41) is 2.59. The fourth-order valence-corrected chi connectivity index (χ4v) is 6.51. The third kappa shape index (κ3) is 8.99. The second-order valence-electron chi connectivity index (χ2n) is 11.6. The van der Waals surface area contributed by atoms with Gasteiger partial charge in [0.15, 0.2) is 18.6 Å². The van der Waals surface area contributed by atoms with Crippen molar-refractivity contribution in [3.05, 3.63) is 66.2 Å². The summed E-state index contributed by atoms with van der Waals surface area (Å²) in [6.45, 7) is 6.07. The number of alkyl halides is 1. The first-order valence-electron chi connectivity index (χ1n) is 14.8. The lowest BCUT2D eigenvalue weighted by atomic mass is 9.95. The van der Waals surface area contributed by atoms with Gasteiger partial charge in [-0.2, -0.15) is 0 Å². The summed E-state index contributed by atoms with van der Waals surface area (Å²) >= 11 is 0. The molecule has 0 aromatic carbocycles. The number of aromatic amines is 2. The third-order valence-electron chi connectivity index (χ3n) is 7.40. The average Bonchev–Trinajstić information content (AvgIpc) is 3.45. The van der Waals surface area contributed by atoms with Gasteiger partial charge in [-0.3, -0.25) is 42.5 Å². The van der Waals surface area contributed by atoms with Crippen molar-refractivity contribution in [2.75, 3.05) is 20.3 Å². The van der Waals surface area contributed by atoms with Gasteiger partial charge < -0.3 is 29.2 Å². The number of ether oxygens (including phenoxy) is 4. The Morgan fingerprint density at radius 3 is 2.09 bits per heavy atom. The van der Waals surface area contributed by atoms with Gasteiger partial charge >= 0.3 is 19.2 Å². The molecule has 0 spiro atoms. The Hall–Kier alpha value is -3.29. The molecular formula is C27H39FN5O13P. The van der Waals surface area contributed by atoms with Crippen LogP contribution in [0.4, 0.5) is 4.39 Å². The summed E-state index contributed by atoms with van der Waals surface area (Å²) in [6.07, 6.45) is -8.52. The largest absolute Gasteiger partial charge is 0.472 e. The van der Waals surface area contributed by atoms with E-state index in [1.54, 1.807) is 13.8 Å². The molecule has 2 aromatic heterocycles. The number of nitrogens with zero attached hydrogens (tertiary/aromatic N) is 2. The van der Waals surface area contributed by atoms with Crippen LogP contribution in [0.2, 0.25) is 0 Å². The van der Waals surface area contributed by atoms with Gasteiger partial charge in [0.05, 0.1) is 24.9 Å². The average molecular weight is 692 g/mol. The van der Waals surface area contributed by atoms with Gasteiger partial charge in [-0.1, -0.05) is 0 Å². The van der Waals surface area contributed by atoms with Crippen LogP contribution in [0.15, 0.2) is 43.7 Å². The molecule has 2 saturated heterocycles. The van der Waals surface area contributed by atoms with Crippen molar-refractivity contribution in [2.45, 2.75) is 89.4 Å². The van der Waals surface area contributed by atoms with Gasteiger partial charge in [0.25, 0.3) is 11.1 Å². The van der Waals surface area contributed by atoms with E-state index in [9.17, 15) is 33.4 Å². The van der Waals surface area contributed by atoms with Gasteiger partial charge in [0.2, 0.25) is 5.91 Å². The van der Waals surface area contributed by atoms with Crippen LogP contribution in [0, 0.1) is 5.92 Å². The molecular weight excluding hydrogens is 652 g/mol. The Labute approximate surface area is 266 Å². The van der Waals surface area contributed by atoms with Crippen molar-refractivity contribution in [1.29, 1.82) is 0 Å². The molecule has 9 atom stereocenters. The van der Waals surface area contributed by atoms with Crippen molar-refractivity contribution >= 4 is 13.7 Å². The molecule has 47 heavy (non-hydrogen) atoms. The molecule has 0 aliphatic carbocycles. The lowest BCUT2D eigenvalue weighted by Crippen LogP contribution is -2.43. The van der Waals surface area contributed by atoms with E-state index in [2.05, 4.69) is 10.3 Å². The molecule has 0 radical (unpaired) electrons. The minimum Gasteiger partial charge on any atom is -0.376 e. The number of phosphoric acid groups is 1. The van der Waals surface area contributed by atoms with E-state index in [0.29, 0.717) is 0 Å². The second kappa shape index (κ2) is 15.3. The molecule has 20 heteroatoms. The van der Waals surface area contributed by atoms with Crippen molar-refractivity contribution in [3.63, 3.8) is 0 Å². The lowest BCUT2D eigenvalue weighted by Gasteiger charge is -2.26. The van der Waals surface area contributed by atoms with Gasteiger partial charge in [-0.25, -0.2) is 18.5 Å². The van der Waals surface area contributed by atoms with Crippen LogP contribution >= 0.6 is 7.82 Å². The van der Waals surface area contributed by atoms with E-state index in [0.717, 1.165) is 33.7 Å². The molecule has 5 unspecified atom stereocenters. The highest BCUT2D eigenvalue weighted by Crippen LogP contribution is 2.49. The van der Waals surface area contributed by atoms with Crippen molar-refractivity contribution < 1.29 is 46.6 Å². The monoisotopic (exact) mass is 691 g/mol. The zero-order chi connectivity index (χ0) is 34.6. The number of hydrogen-bond acceptors (Lipinski definition) is 12. The van der Waals surface area contributed by atoms with E-state index in [-0.39, 0.29) is 19.3 Å². The number of halogens is 1. The van der Waals surface area contributed by atoms with E-state index in [1.807, 2.05) is 4.98 Å². The number of carbonyl (C=O) groups excluding carboxylic acids is 1. The van der Waals surface area contributed by atoms with Crippen LogP contribution in [0.25, 0.3) is 0 Å². The molecule has 1 amide bonds. The van der Waals surface area contributed by atoms with E-state index < -0.39 is 97.7 Å². The smallest absolute Gasteiger partial charge is 0.376 e. The predicted octanol–water partition coefficient (Wildman–Crippen LogP) is -0.307. The Kier molecular flexibility index (Phi) is 11.9. The minimum atomic E-state index is -4.72. The lowest BCUT2D eigenvalue weighted by molar-refractivity contribution is -0.124. The first-order valence-corrected chi connectivity index (χ1v) is 16.3. The zero-order valence-electron chi connectivity index (χ0n) is 26.3. The van der Waals surface area contributed by atoms with Crippen LogP contribution in [0.3, 0.4) is 0 Å². The molecule has 2 aliphatic rings. The Bertz CT molecular complexity index is 1670. The highest BCUT2D eigenvalue weighted by atomic mass is 31.2. The van der Waals surface area contributed by atoms with Gasteiger partial charge in [-0.15, -0.1) is 0 Å². The zero-order valence-corrected chi connectivity index (χ0v) is 27.2. The summed E-state index contributed by atoms with van der Waals surface area (Å²) in [7, 11) is -3.48. The maximum Gasteiger partial charge on any atom is 0.472 e. The second-order valence-corrected chi connectivity index (χ2v) is 12.9. The van der Waals surface area contributed by atoms with Crippen LogP contribution < -0.4 is 27.8 Å². The number of carbonyl (C=O) groups is 1. The maximum absolute atomic E-state index is 15.8. The van der Waals surface area contributed by atoms with Crippen LogP contribution in [0.5, 0.6) is 0 Å². The first kappa shape index (κ1) is 36.5. The third-order valence-corrected chi connectivity index (χ3v) is 8.59. The molecule has 262 valence electrons. The first-order chi connectivity index (χ1) is 22.1. The fraction of sp³-hybridized carbons (Fsp3) is 0.667. The number of aromatic nitrogens is 4. The molecule has 2 fully saturated rings. The van der Waals surface area contributed by atoms with E-state index in [4.69, 9.17) is 28.0 Å². The number of rotatable bonds is 14. The van der Waals surface area contributed by atoms with Gasteiger partial charge in [0, 0.05) is 50.5 Å². The maximum atomic E-state index is 15.8. The van der Waals surface area contributed by atoms with Gasteiger partial charge in [0.1, 0.15) is 18.3 Å². The van der Waals surface area contributed by atoms with Crippen LogP contribution in [-0.4, -0.2) is 93.0 Å². The predicted molar refractivity (Wildman–Crippen MR) is 159 cm³/mol. The number of phosphoric ester groups is 1. The Morgan fingerprint density at radius 1 is 0.979 bits per heavy atom. The van der Waals surface area contributed by atoms with Gasteiger partial charge in [-0.05, 0) is 27.7 Å². The summed E-state index contributed by atoms with van der Waals surface area (Å²) in [5.74, 6) is -1.78. The molecule has 0 bridgehead atoms. The number of methoxy groups -OCH3 is 1. The van der Waals surface area contributed by atoms with Crippen LogP contribution in [-0.2, 0) is 37.4 Å². The fourth-order valence-electron chi connectivity index (χ4n) is 5.36. The molecule has 2 aliphatic heterocycles. The molecule has 2 aromatic rings. The topological polar surface area (TPSA) is 231 Å². The molecule has 0 saturated carbocycles. The summed E-state index contributed by atoms with van der Waals surface area (Å²) < 4.78 is 63.8. The number of hydrogen-bond donors (Lipinski definition) is 4. The molecule has 18 nitrogen and oxygen atoms in total. The summed E-state index contributed by atoms with van der Waals surface area (Å²) in [5.41, 5.74) is -3.11. The SMILES string of the molecule is COC1C(OP(=O)(O)OC(C)C)[C@@H](CNC(=O)CC2C(F)[C@H](n3ccc(=O)[nH]c3=O)O[C@@H]2COC(C)C)O[C@H]1n1ccc(=O)[nH]c1=O. The minimum absolute atomic E-state index is 0.0982. The van der Waals surface area contributed by atoms with Crippen molar-refractivity contribution in [2.24, 2.45) is 5.92 Å². The highest BCUT2D eigenvalue weighted by molar-refractivity contribution is 7.47. The van der Waals surface area contributed by atoms with E-state index in [1.165, 1.54) is 21.0 Å². The van der Waals surface area contributed by atoms with Crippen molar-refractivity contribution in [1.82, 2.24) is 24.4 Å². The Morgan fingerprint density at radius 2 is 1.55 bits per heavy atom. The van der Waals surface area contributed by atoms with Crippen molar-refractivity contribution in [3.8, 4) is 0 Å². The Balaban J connectivity index is 1.53. The number of amides is 1. The number of H-pyrrole nitrogens is 2.